The van der Waals surface area contributed by atoms with Crippen LogP contribution in [-0.2, 0) is 10.0 Å². The molecule has 0 aliphatic heterocycles. The third-order valence-electron chi connectivity index (χ3n) is 2.21. The summed E-state index contributed by atoms with van der Waals surface area (Å²) >= 11 is 2.90. The molecule has 0 radical (unpaired) electrons. The molecule has 0 atom stereocenters. The lowest BCUT2D eigenvalue weighted by Crippen LogP contribution is -2.12. The van der Waals surface area contributed by atoms with E-state index >= 15 is 0 Å². The molecule has 1 heterocycles. The summed E-state index contributed by atoms with van der Waals surface area (Å²) in [5.41, 5.74) is 0.846. The van der Waals surface area contributed by atoms with Crippen LogP contribution in [0.25, 0.3) is 0 Å². The minimum absolute atomic E-state index is 0.239. The fourth-order valence-electron chi connectivity index (χ4n) is 1.39. The van der Waals surface area contributed by atoms with E-state index in [-0.39, 0.29) is 4.90 Å². The maximum atomic E-state index is 12.1. The molecule has 0 spiro atoms. The highest BCUT2D eigenvalue weighted by Gasteiger charge is 2.16. The molecule has 0 bridgehead atoms. The van der Waals surface area contributed by atoms with Gasteiger partial charge in [0.05, 0.1) is 14.8 Å². The molecule has 4 nitrogen and oxygen atoms in total. The fraction of sp³-hybridized carbons (Fsp3) is 0.182. The molecule has 0 saturated heterocycles. The van der Waals surface area contributed by atoms with Crippen LogP contribution in [0.3, 0.4) is 0 Å². The molecular weight excluding hydrogens is 288 g/mol. The Morgan fingerprint density at radius 2 is 1.94 bits per heavy atom. The van der Waals surface area contributed by atoms with Gasteiger partial charge in [0.2, 0.25) is 0 Å². The number of hydrogen-bond acceptors (Lipinski definition) is 5. The Balaban J connectivity index is 2.28. The lowest BCUT2D eigenvalue weighted by Gasteiger charge is -2.04. The summed E-state index contributed by atoms with van der Waals surface area (Å²) in [6.07, 6.45) is 1.94. The van der Waals surface area contributed by atoms with E-state index in [0.717, 1.165) is 9.90 Å². The highest BCUT2D eigenvalue weighted by Crippen LogP contribution is 2.31. The molecule has 0 unspecified atom stereocenters. The molecule has 1 aromatic carbocycles. The monoisotopic (exact) mass is 300 g/mol. The fourth-order valence-corrected chi connectivity index (χ4v) is 4.26. The van der Waals surface area contributed by atoms with Crippen LogP contribution in [0, 0.1) is 6.92 Å². The summed E-state index contributed by atoms with van der Waals surface area (Å²) in [4.78, 5) is 4.44. The molecule has 0 saturated carbocycles. The first-order chi connectivity index (χ1) is 8.53. The van der Waals surface area contributed by atoms with Crippen molar-refractivity contribution in [2.24, 2.45) is 0 Å². The molecule has 0 aliphatic carbocycles. The lowest BCUT2D eigenvalue weighted by molar-refractivity contribution is 0.601. The SMILES string of the molecule is CSc1sc(NS(=O)(=O)c2ccccc2)nc1C. The highest BCUT2D eigenvalue weighted by atomic mass is 32.2. The van der Waals surface area contributed by atoms with E-state index in [2.05, 4.69) is 9.71 Å². The normalized spacial score (nSPS) is 11.4. The van der Waals surface area contributed by atoms with Crippen molar-refractivity contribution >= 4 is 38.3 Å². The quantitative estimate of drug-likeness (QED) is 0.882. The van der Waals surface area contributed by atoms with Gasteiger partial charge >= 0.3 is 0 Å². The molecule has 7 heteroatoms. The molecule has 18 heavy (non-hydrogen) atoms. The maximum absolute atomic E-state index is 12.1. The smallest absolute Gasteiger partial charge is 0.255 e. The number of aromatic nitrogens is 1. The summed E-state index contributed by atoms with van der Waals surface area (Å²) in [7, 11) is -3.54. The van der Waals surface area contributed by atoms with Gasteiger partial charge in [-0.05, 0) is 25.3 Å². The molecular formula is C11H12N2O2S3. The van der Waals surface area contributed by atoms with Crippen LogP contribution in [0.2, 0.25) is 0 Å². The van der Waals surface area contributed by atoms with Crippen molar-refractivity contribution in [3.8, 4) is 0 Å². The second-order valence-corrected chi connectivity index (χ2v) is 7.27. The van der Waals surface area contributed by atoms with E-state index in [1.165, 1.54) is 11.3 Å². The lowest BCUT2D eigenvalue weighted by atomic mass is 10.4. The second-order valence-electron chi connectivity index (χ2n) is 3.51. The number of hydrogen-bond donors (Lipinski definition) is 1. The van der Waals surface area contributed by atoms with Crippen LogP contribution >= 0.6 is 23.1 Å². The van der Waals surface area contributed by atoms with Gasteiger partial charge in [-0.3, -0.25) is 4.72 Å². The first-order valence-electron chi connectivity index (χ1n) is 5.12. The third-order valence-corrected chi connectivity index (χ3v) is 5.98. The Morgan fingerprint density at radius 3 is 2.50 bits per heavy atom. The number of rotatable bonds is 4. The zero-order valence-electron chi connectivity index (χ0n) is 9.88. The Labute approximate surface area is 115 Å². The number of nitrogens with one attached hydrogen (secondary N) is 1. The average Bonchev–Trinajstić information content (AvgIpc) is 2.70. The van der Waals surface area contributed by atoms with Gasteiger partial charge in [-0.25, -0.2) is 13.4 Å². The topological polar surface area (TPSA) is 59.1 Å². The molecule has 96 valence electrons. The molecule has 1 aromatic heterocycles. The number of sulfonamides is 1. The van der Waals surface area contributed by atoms with Crippen LogP contribution in [0.5, 0.6) is 0 Å². The van der Waals surface area contributed by atoms with Gasteiger partial charge in [0.1, 0.15) is 0 Å². The number of aryl methyl sites for hydroxylation is 1. The molecule has 2 aromatic rings. The minimum Gasteiger partial charge on any atom is -0.255 e. The van der Waals surface area contributed by atoms with Crippen LogP contribution in [0.15, 0.2) is 39.4 Å². The number of benzene rings is 1. The summed E-state index contributed by atoms with van der Waals surface area (Å²) < 4.78 is 27.6. The Kier molecular flexibility index (Phi) is 3.94. The van der Waals surface area contributed by atoms with Gasteiger partial charge in [-0.1, -0.05) is 29.5 Å². The van der Waals surface area contributed by atoms with Crippen LogP contribution in [0.1, 0.15) is 5.69 Å². The first kappa shape index (κ1) is 13.4. The number of anilines is 1. The van der Waals surface area contributed by atoms with Crippen molar-refractivity contribution < 1.29 is 8.42 Å². The van der Waals surface area contributed by atoms with Gasteiger partial charge in [0.15, 0.2) is 5.13 Å². The number of thioether (sulfide) groups is 1. The summed E-state index contributed by atoms with van der Waals surface area (Å²) in [5.74, 6) is 0. The highest BCUT2D eigenvalue weighted by molar-refractivity contribution is 8.00. The van der Waals surface area contributed by atoms with Gasteiger partial charge in [0, 0.05) is 0 Å². The predicted molar refractivity (Wildman–Crippen MR) is 75.9 cm³/mol. The summed E-state index contributed by atoms with van der Waals surface area (Å²) in [5, 5.41) is 0.403. The van der Waals surface area contributed by atoms with E-state index in [9.17, 15) is 8.42 Å². The van der Waals surface area contributed by atoms with E-state index in [0.29, 0.717) is 5.13 Å². The van der Waals surface area contributed by atoms with Gasteiger partial charge in [-0.2, -0.15) is 0 Å². The zero-order chi connectivity index (χ0) is 13.2. The van der Waals surface area contributed by atoms with Crippen molar-refractivity contribution in [1.82, 2.24) is 4.98 Å². The van der Waals surface area contributed by atoms with Crippen LogP contribution in [-0.4, -0.2) is 19.7 Å². The van der Waals surface area contributed by atoms with Crippen molar-refractivity contribution in [2.75, 3.05) is 11.0 Å². The maximum Gasteiger partial charge on any atom is 0.263 e. The molecule has 0 fully saturated rings. The number of nitrogens with zero attached hydrogens (tertiary/aromatic N) is 1. The van der Waals surface area contributed by atoms with E-state index in [1.54, 1.807) is 42.1 Å². The van der Waals surface area contributed by atoms with Gasteiger partial charge in [-0.15, -0.1) is 11.8 Å². The summed E-state index contributed by atoms with van der Waals surface area (Å²) in [6, 6.07) is 8.26. The third kappa shape index (κ3) is 2.85. The van der Waals surface area contributed by atoms with Gasteiger partial charge in [0.25, 0.3) is 10.0 Å². The van der Waals surface area contributed by atoms with Crippen LogP contribution in [0.4, 0.5) is 5.13 Å². The van der Waals surface area contributed by atoms with E-state index in [4.69, 9.17) is 0 Å². The predicted octanol–water partition coefficient (Wildman–Crippen LogP) is 2.97. The molecule has 2 rings (SSSR count). The van der Waals surface area contributed by atoms with Gasteiger partial charge < -0.3 is 0 Å². The van der Waals surface area contributed by atoms with Crippen molar-refractivity contribution in [3.05, 3.63) is 36.0 Å². The Morgan fingerprint density at radius 1 is 1.28 bits per heavy atom. The van der Waals surface area contributed by atoms with Crippen molar-refractivity contribution in [1.29, 1.82) is 0 Å². The van der Waals surface area contributed by atoms with Crippen LogP contribution < -0.4 is 4.72 Å². The minimum atomic E-state index is -3.54. The molecule has 1 N–H and O–H groups in total. The zero-order valence-corrected chi connectivity index (χ0v) is 12.3. The number of thiazole rings is 1. The standard InChI is InChI=1S/C11H12N2O2S3/c1-8-10(16-2)17-11(12-8)13-18(14,15)9-6-4-3-5-7-9/h3-7H,1-2H3,(H,12,13). The molecule has 0 aliphatic rings. The largest absolute Gasteiger partial charge is 0.263 e. The van der Waals surface area contributed by atoms with E-state index < -0.39 is 10.0 Å². The van der Waals surface area contributed by atoms with Crippen molar-refractivity contribution in [3.63, 3.8) is 0 Å². The van der Waals surface area contributed by atoms with E-state index in [1.807, 2.05) is 13.2 Å². The first-order valence-corrected chi connectivity index (χ1v) is 8.64. The van der Waals surface area contributed by atoms with Crippen molar-refractivity contribution in [2.45, 2.75) is 16.0 Å². The average molecular weight is 300 g/mol. The molecule has 0 amide bonds. The Bertz CT molecular complexity index is 636. The second kappa shape index (κ2) is 5.29. The Hall–Kier alpha value is -1.05. The summed E-state index contributed by atoms with van der Waals surface area (Å²) in [6.45, 7) is 1.86.